The summed E-state index contributed by atoms with van der Waals surface area (Å²) in [7, 11) is 0. The normalized spacial score (nSPS) is 10.3. The second-order valence-corrected chi connectivity index (χ2v) is 4.77. The van der Waals surface area contributed by atoms with Crippen molar-refractivity contribution in [2.45, 2.75) is 20.8 Å². The molecular formula is C17H18O3. The Morgan fingerprint density at radius 2 is 1.90 bits per heavy atom. The first-order chi connectivity index (χ1) is 9.52. The Balaban J connectivity index is 2.51. The number of aryl methyl sites for hydroxylation is 2. The highest BCUT2D eigenvalue weighted by Gasteiger charge is 2.14. The van der Waals surface area contributed by atoms with Crippen LogP contribution in [0.25, 0.3) is 11.1 Å². The minimum Gasteiger partial charge on any atom is -0.507 e. The van der Waals surface area contributed by atoms with Crippen molar-refractivity contribution < 1.29 is 14.6 Å². The van der Waals surface area contributed by atoms with Gasteiger partial charge in [-0.1, -0.05) is 29.8 Å². The molecule has 2 rings (SSSR count). The van der Waals surface area contributed by atoms with Crippen LogP contribution in [0, 0.1) is 13.8 Å². The highest BCUT2D eigenvalue weighted by molar-refractivity contribution is 5.94. The lowest BCUT2D eigenvalue weighted by Gasteiger charge is -2.10. The highest BCUT2D eigenvalue weighted by atomic mass is 16.5. The van der Waals surface area contributed by atoms with E-state index in [0.717, 1.165) is 22.3 Å². The molecule has 3 heteroatoms. The van der Waals surface area contributed by atoms with Gasteiger partial charge in [0.15, 0.2) is 0 Å². The van der Waals surface area contributed by atoms with Crippen LogP contribution in [0.15, 0.2) is 36.4 Å². The second-order valence-electron chi connectivity index (χ2n) is 4.77. The Bertz CT molecular complexity index is 645. The molecule has 2 aromatic rings. The minimum atomic E-state index is -0.503. The van der Waals surface area contributed by atoms with Crippen molar-refractivity contribution in [1.82, 2.24) is 0 Å². The zero-order valence-electron chi connectivity index (χ0n) is 11.9. The van der Waals surface area contributed by atoms with Crippen LogP contribution in [-0.2, 0) is 4.74 Å². The van der Waals surface area contributed by atoms with Gasteiger partial charge < -0.3 is 9.84 Å². The van der Waals surface area contributed by atoms with Gasteiger partial charge in [0.1, 0.15) is 11.3 Å². The maximum atomic E-state index is 11.8. The van der Waals surface area contributed by atoms with E-state index >= 15 is 0 Å². The SMILES string of the molecule is CCOC(=O)c1cc(-c2cc(C)ccc2C)ccc1O. The fourth-order valence-corrected chi connectivity index (χ4v) is 2.12. The van der Waals surface area contributed by atoms with E-state index < -0.39 is 5.97 Å². The first-order valence-corrected chi connectivity index (χ1v) is 6.60. The number of carbonyl (C=O) groups is 1. The summed E-state index contributed by atoms with van der Waals surface area (Å²) in [5, 5.41) is 9.80. The van der Waals surface area contributed by atoms with Crippen LogP contribution in [0.3, 0.4) is 0 Å². The monoisotopic (exact) mass is 270 g/mol. The molecule has 0 aliphatic carbocycles. The number of carbonyl (C=O) groups excluding carboxylic acids is 1. The summed E-state index contributed by atoms with van der Waals surface area (Å²) in [6.45, 7) is 6.07. The van der Waals surface area contributed by atoms with Gasteiger partial charge in [-0.05, 0) is 49.6 Å². The van der Waals surface area contributed by atoms with Crippen LogP contribution in [-0.4, -0.2) is 17.7 Å². The van der Waals surface area contributed by atoms with E-state index in [2.05, 4.69) is 6.07 Å². The molecule has 0 unspecified atom stereocenters. The Morgan fingerprint density at radius 3 is 2.60 bits per heavy atom. The Kier molecular flexibility index (Phi) is 4.08. The number of esters is 1. The van der Waals surface area contributed by atoms with E-state index in [9.17, 15) is 9.90 Å². The summed E-state index contributed by atoms with van der Waals surface area (Å²) in [6, 6.07) is 11.2. The highest BCUT2D eigenvalue weighted by Crippen LogP contribution is 2.29. The van der Waals surface area contributed by atoms with Gasteiger partial charge in [0.2, 0.25) is 0 Å². The summed E-state index contributed by atoms with van der Waals surface area (Å²) in [6.07, 6.45) is 0. The van der Waals surface area contributed by atoms with Crippen LogP contribution in [0.2, 0.25) is 0 Å². The van der Waals surface area contributed by atoms with E-state index in [0.29, 0.717) is 0 Å². The van der Waals surface area contributed by atoms with Crippen LogP contribution in [0.4, 0.5) is 0 Å². The molecule has 3 nitrogen and oxygen atoms in total. The van der Waals surface area contributed by atoms with Gasteiger partial charge >= 0.3 is 5.97 Å². The number of phenolic OH excluding ortho intramolecular Hbond substituents is 1. The predicted octanol–water partition coefficient (Wildman–Crippen LogP) is 3.85. The zero-order chi connectivity index (χ0) is 14.7. The molecular weight excluding hydrogens is 252 g/mol. The molecule has 0 aromatic heterocycles. The lowest BCUT2D eigenvalue weighted by Crippen LogP contribution is -2.05. The Hall–Kier alpha value is -2.29. The van der Waals surface area contributed by atoms with Crippen LogP contribution in [0.5, 0.6) is 5.75 Å². The summed E-state index contributed by atoms with van der Waals surface area (Å²) in [5.41, 5.74) is 4.42. The fraction of sp³-hybridized carbons (Fsp3) is 0.235. The largest absolute Gasteiger partial charge is 0.507 e. The molecule has 0 spiro atoms. The number of rotatable bonds is 3. The number of hydrogen-bond donors (Lipinski definition) is 1. The lowest BCUT2D eigenvalue weighted by molar-refractivity contribution is 0.0523. The first-order valence-electron chi connectivity index (χ1n) is 6.60. The molecule has 1 N–H and O–H groups in total. The summed E-state index contributed by atoms with van der Waals surface area (Å²) >= 11 is 0. The van der Waals surface area contributed by atoms with Crippen molar-refractivity contribution in [2.75, 3.05) is 6.61 Å². The average molecular weight is 270 g/mol. The summed E-state index contributed by atoms with van der Waals surface area (Å²) < 4.78 is 4.95. The topological polar surface area (TPSA) is 46.5 Å². The van der Waals surface area contributed by atoms with Crippen molar-refractivity contribution in [3.8, 4) is 16.9 Å². The Morgan fingerprint density at radius 1 is 1.15 bits per heavy atom. The molecule has 0 saturated carbocycles. The maximum Gasteiger partial charge on any atom is 0.341 e. The summed E-state index contributed by atoms with van der Waals surface area (Å²) in [5.74, 6) is -0.560. The van der Waals surface area contributed by atoms with Crippen molar-refractivity contribution in [3.63, 3.8) is 0 Å². The molecule has 2 aromatic carbocycles. The molecule has 104 valence electrons. The van der Waals surface area contributed by atoms with Crippen molar-refractivity contribution >= 4 is 5.97 Å². The maximum absolute atomic E-state index is 11.8. The average Bonchev–Trinajstić information content (AvgIpc) is 2.42. The Labute approximate surface area is 118 Å². The molecule has 0 saturated heterocycles. The van der Waals surface area contributed by atoms with Crippen LogP contribution < -0.4 is 0 Å². The number of benzene rings is 2. The smallest absolute Gasteiger partial charge is 0.341 e. The third-order valence-electron chi connectivity index (χ3n) is 3.20. The molecule has 0 aliphatic heterocycles. The fourth-order valence-electron chi connectivity index (χ4n) is 2.12. The number of phenols is 1. The van der Waals surface area contributed by atoms with E-state index in [-0.39, 0.29) is 17.9 Å². The number of aromatic hydroxyl groups is 1. The van der Waals surface area contributed by atoms with Crippen LogP contribution >= 0.6 is 0 Å². The molecule has 20 heavy (non-hydrogen) atoms. The van der Waals surface area contributed by atoms with Crippen LogP contribution in [0.1, 0.15) is 28.4 Å². The quantitative estimate of drug-likeness (QED) is 0.862. The molecule has 0 heterocycles. The number of hydrogen-bond acceptors (Lipinski definition) is 3. The van der Waals surface area contributed by atoms with Crippen molar-refractivity contribution in [1.29, 1.82) is 0 Å². The van der Waals surface area contributed by atoms with E-state index in [1.54, 1.807) is 19.1 Å². The lowest BCUT2D eigenvalue weighted by atomic mass is 9.97. The van der Waals surface area contributed by atoms with Gasteiger partial charge in [-0.2, -0.15) is 0 Å². The summed E-state index contributed by atoms with van der Waals surface area (Å²) in [4.78, 5) is 11.8. The molecule has 0 aliphatic rings. The van der Waals surface area contributed by atoms with Gasteiger partial charge in [-0.25, -0.2) is 4.79 Å². The number of ether oxygens (including phenoxy) is 1. The predicted molar refractivity (Wildman–Crippen MR) is 79.0 cm³/mol. The zero-order valence-corrected chi connectivity index (χ0v) is 11.9. The second kappa shape index (κ2) is 5.78. The van der Waals surface area contributed by atoms with Gasteiger partial charge in [0, 0.05) is 0 Å². The van der Waals surface area contributed by atoms with Gasteiger partial charge in [-0.3, -0.25) is 0 Å². The van der Waals surface area contributed by atoms with Gasteiger partial charge in [0.25, 0.3) is 0 Å². The third kappa shape index (κ3) is 2.82. The molecule has 0 amide bonds. The minimum absolute atomic E-state index is 0.0579. The standard InChI is InChI=1S/C17H18O3/c1-4-20-17(19)15-10-13(7-8-16(15)18)14-9-11(2)5-6-12(14)3/h5-10,18H,4H2,1-3H3. The molecule has 0 radical (unpaired) electrons. The van der Waals surface area contributed by atoms with Gasteiger partial charge in [0.05, 0.1) is 6.61 Å². The molecule has 0 atom stereocenters. The molecule has 0 fully saturated rings. The first kappa shape index (κ1) is 14.1. The van der Waals surface area contributed by atoms with Crippen molar-refractivity contribution in [3.05, 3.63) is 53.1 Å². The van der Waals surface area contributed by atoms with E-state index in [1.807, 2.05) is 26.0 Å². The third-order valence-corrected chi connectivity index (χ3v) is 3.20. The van der Waals surface area contributed by atoms with Crippen molar-refractivity contribution in [2.24, 2.45) is 0 Å². The van der Waals surface area contributed by atoms with E-state index in [1.165, 1.54) is 6.07 Å². The molecule has 0 bridgehead atoms. The van der Waals surface area contributed by atoms with E-state index in [4.69, 9.17) is 4.74 Å². The van der Waals surface area contributed by atoms with Gasteiger partial charge in [-0.15, -0.1) is 0 Å².